The number of nitrogens with two attached hydrogens (primary N) is 1. The summed E-state index contributed by atoms with van der Waals surface area (Å²) >= 11 is 0. The van der Waals surface area contributed by atoms with Gasteiger partial charge in [-0.2, -0.15) is 0 Å². The van der Waals surface area contributed by atoms with E-state index in [0.29, 0.717) is 12.2 Å². The van der Waals surface area contributed by atoms with Crippen LogP contribution in [0.2, 0.25) is 0 Å². The van der Waals surface area contributed by atoms with Gasteiger partial charge >= 0.3 is 0 Å². The van der Waals surface area contributed by atoms with Crippen molar-refractivity contribution in [2.45, 2.75) is 20.4 Å². The summed E-state index contributed by atoms with van der Waals surface area (Å²) in [6, 6.07) is 11.7. The standard InChI is InChI=1S/C14H16N2O/c1-3-16-13(9-8-12(15)14(16)17)11-6-4-10(2)5-7-11/h4-9H,3,15H2,1-2H3. The maximum absolute atomic E-state index is 11.9. The second-order valence-electron chi connectivity index (χ2n) is 4.09. The van der Waals surface area contributed by atoms with Crippen LogP contribution in [0.25, 0.3) is 11.3 Å². The van der Waals surface area contributed by atoms with Gasteiger partial charge in [-0.05, 0) is 31.5 Å². The number of rotatable bonds is 2. The summed E-state index contributed by atoms with van der Waals surface area (Å²) in [6.45, 7) is 4.60. The van der Waals surface area contributed by atoms with E-state index in [1.807, 2.05) is 44.2 Å². The van der Waals surface area contributed by atoms with Gasteiger partial charge in [0.25, 0.3) is 5.56 Å². The molecule has 17 heavy (non-hydrogen) atoms. The molecule has 0 bridgehead atoms. The molecule has 3 nitrogen and oxygen atoms in total. The Morgan fingerprint density at radius 2 is 1.76 bits per heavy atom. The number of nitrogen functional groups attached to an aromatic ring is 1. The van der Waals surface area contributed by atoms with Crippen molar-refractivity contribution in [3.63, 3.8) is 0 Å². The van der Waals surface area contributed by atoms with E-state index < -0.39 is 0 Å². The van der Waals surface area contributed by atoms with Crippen molar-refractivity contribution in [2.24, 2.45) is 0 Å². The first kappa shape index (κ1) is 11.5. The fraction of sp³-hybridized carbons (Fsp3) is 0.214. The van der Waals surface area contributed by atoms with E-state index in [4.69, 9.17) is 5.73 Å². The van der Waals surface area contributed by atoms with Crippen LogP contribution < -0.4 is 11.3 Å². The highest BCUT2D eigenvalue weighted by atomic mass is 16.1. The molecule has 0 aliphatic carbocycles. The molecule has 2 aromatic rings. The number of anilines is 1. The molecule has 1 aromatic heterocycles. The van der Waals surface area contributed by atoms with E-state index >= 15 is 0 Å². The molecule has 1 aromatic carbocycles. The number of aromatic nitrogens is 1. The molecule has 0 saturated heterocycles. The van der Waals surface area contributed by atoms with Crippen LogP contribution in [-0.4, -0.2) is 4.57 Å². The Hall–Kier alpha value is -2.03. The molecule has 0 aliphatic heterocycles. The number of hydrogen-bond acceptors (Lipinski definition) is 2. The van der Waals surface area contributed by atoms with Gasteiger partial charge in [-0.25, -0.2) is 0 Å². The summed E-state index contributed by atoms with van der Waals surface area (Å²) in [4.78, 5) is 11.9. The minimum absolute atomic E-state index is 0.120. The minimum atomic E-state index is -0.120. The van der Waals surface area contributed by atoms with E-state index in [2.05, 4.69) is 0 Å². The normalized spacial score (nSPS) is 10.5. The third-order valence-electron chi connectivity index (χ3n) is 2.87. The van der Waals surface area contributed by atoms with Crippen LogP contribution in [0.3, 0.4) is 0 Å². The first-order chi connectivity index (χ1) is 8.13. The summed E-state index contributed by atoms with van der Waals surface area (Å²) in [5, 5.41) is 0. The maximum Gasteiger partial charge on any atom is 0.274 e. The average molecular weight is 228 g/mol. The molecule has 0 amide bonds. The van der Waals surface area contributed by atoms with E-state index in [1.54, 1.807) is 10.6 Å². The first-order valence-corrected chi connectivity index (χ1v) is 5.70. The average Bonchev–Trinajstić information content (AvgIpc) is 2.34. The quantitative estimate of drug-likeness (QED) is 0.858. The van der Waals surface area contributed by atoms with Gasteiger partial charge in [-0.1, -0.05) is 29.8 Å². The Labute approximate surface area is 101 Å². The molecule has 2 rings (SSSR count). The lowest BCUT2D eigenvalue weighted by atomic mass is 10.1. The molecule has 3 heteroatoms. The first-order valence-electron chi connectivity index (χ1n) is 5.70. The fourth-order valence-electron chi connectivity index (χ4n) is 1.89. The minimum Gasteiger partial charge on any atom is -0.394 e. The molecular formula is C14H16N2O. The molecule has 88 valence electrons. The monoisotopic (exact) mass is 228 g/mol. The second kappa shape index (κ2) is 4.45. The van der Waals surface area contributed by atoms with Crippen molar-refractivity contribution in [3.05, 3.63) is 52.3 Å². The summed E-state index contributed by atoms with van der Waals surface area (Å²) in [6.07, 6.45) is 0. The van der Waals surface area contributed by atoms with Crippen LogP contribution in [0, 0.1) is 6.92 Å². The van der Waals surface area contributed by atoms with Crippen LogP contribution in [0.1, 0.15) is 12.5 Å². The Balaban J connectivity index is 2.63. The Morgan fingerprint density at radius 3 is 2.35 bits per heavy atom. The van der Waals surface area contributed by atoms with Gasteiger partial charge in [-0.15, -0.1) is 0 Å². The molecule has 0 atom stereocenters. The molecule has 0 unspecified atom stereocenters. The lowest BCUT2D eigenvalue weighted by Crippen LogP contribution is -2.23. The van der Waals surface area contributed by atoms with E-state index in [0.717, 1.165) is 11.3 Å². The summed E-state index contributed by atoms with van der Waals surface area (Å²) in [7, 11) is 0. The van der Waals surface area contributed by atoms with Crippen molar-refractivity contribution >= 4 is 5.69 Å². The van der Waals surface area contributed by atoms with Crippen molar-refractivity contribution in [2.75, 3.05) is 5.73 Å². The van der Waals surface area contributed by atoms with Gasteiger partial charge in [0.05, 0.1) is 11.4 Å². The summed E-state index contributed by atoms with van der Waals surface area (Å²) in [5.41, 5.74) is 8.96. The molecule has 0 spiro atoms. The number of aryl methyl sites for hydroxylation is 1. The summed E-state index contributed by atoms with van der Waals surface area (Å²) in [5.74, 6) is 0. The predicted octanol–water partition coefficient (Wildman–Crippen LogP) is 2.43. The Morgan fingerprint density at radius 1 is 1.12 bits per heavy atom. The second-order valence-corrected chi connectivity index (χ2v) is 4.09. The Kier molecular flexibility index (Phi) is 3.00. The molecule has 0 radical (unpaired) electrons. The SMILES string of the molecule is CCn1c(-c2ccc(C)cc2)ccc(N)c1=O. The number of pyridine rings is 1. The zero-order valence-electron chi connectivity index (χ0n) is 10.1. The molecule has 0 aliphatic rings. The van der Waals surface area contributed by atoms with Crippen LogP contribution in [-0.2, 0) is 6.54 Å². The van der Waals surface area contributed by atoms with Crippen molar-refractivity contribution in [1.82, 2.24) is 4.57 Å². The van der Waals surface area contributed by atoms with Gasteiger partial charge in [0.1, 0.15) is 0 Å². The molecular weight excluding hydrogens is 212 g/mol. The number of hydrogen-bond donors (Lipinski definition) is 1. The zero-order chi connectivity index (χ0) is 12.4. The number of benzene rings is 1. The predicted molar refractivity (Wildman–Crippen MR) is 71.0 cm³/mol. The molecule has 1 heterocycles. The van der Waals surface area contributed by atoms with E-state index in [1.165, 1.54) is 5.56 Å². The van der Waals surface area contributed by atoms with Gasteiger partial charge in [0, 0.05) is 6.54 Å². The smallest absolute Gasteiger partial charge is 0.274 e. The van der Waals surface area contributed by atoms with Gasteiger partial charge in [0.2, 0.25) is 0 Å². The van der Waals surface area contributed by atoms with Crippen LogP contribution in [0.15, 0.2) is 41.2 Å². The fourth-order valence-corrected chi connectivity index (χ4v) is 1.89. The van der Waals surface area contributed by atoms with E-state index in [-0.39, 0.29) is 5.56 Å². The molecule has 0 fully saturated rings. The summed E-state index contributed by atoms with van der Waals surface area (Å²) < 4.78 is 1.69. The van der Waals surface area contributed by atoms with Crippen molar-refractivity contribution < 1.29 is 0 Å². The van der Waals surface area contributed by atoms with Crippen LogP contribution in [0.5, 0.6) is 0 Å². The highest BCUT2D eigenvalue weighted by Gasteiger charge is 2.06. The van der Waals surface area contributed by atoms with Gasteiger partial charge in [0.15, 0.2) is 0 Å². The van der Waals surface area contributed by atoms with Gasteiger partial charge in [-0.3, -0.25) is 4.79 Å². The zero-order valence-corrected chi connectivity index (χ0v) is 10.1. The highest BCUT2D eigenvalue weighted by Crippen LogP contribution is 2.19. The van der Waals surface area contributed by atoms with E-state index in [9.17, 15) is 4.79 Å². The topological polar surface area (TPSA) is 48.0 Å². The molecule has 0 saturated carbocycles. The van der Waals surface area contributed by atoms with Crippen molar-refractivity contribution in [1.29, 1.82) is 0 Å². The van der Waals surface area contributed by atoms with Crippen LogP contribution >= 0.6 is 0 Å². The van der Waals surface area contributed by atoms with Crippen molar-refractivity contribution in [3.8, 4) is 11.3 Å². The lowest BCUT2D eigenvalue weighted by Gasteiger charge is -2.11. The Bertz CT molecular complexity index is 582. The molecule has 2 N–H and O–H groups in total. The van der Waals surface area contributed by atoms with Crippen LogP contribution in [0.4, 0.5) is 5.69 Å². The van der Waals surface area contributed by atoms with Gasteiger partial charge < -0.3 is 10.3 Å². The lowest BCUT2D eigenvalue weighted by molar-refractivity contribution is 0.738. The number of nitrogens with zero attached hydrogens (tertiary/aromatic N) is 1. The largest absolute Gasteiger partial charge is 0.394 e. The highest BCUT2D eigenvalue weighted by molar-refractivity contribution is 5.61. The third-order valence-corrected chi connectivity index (χ3v) is 2.87. The third kappa shape index (κ3) is 2.09. The maximum atomic E-state index is 11.9.